The average Bonchev–Trinajstić information content (AvgIpc) is 2.97. The van der Waals surface area contributed by atoms with Crippen molar-refractivity contribution in [1.82, 2.24) is 4.98 Å². The van der Waals surface area contributed by atoms with Crippen LogP contribution in [0.25, 0.3) is 0 Å². The number of rotatable bonds is 8. The van der Waals surface area contributed by atoms with Gasteiger partial charge in [0.25, 0.3) is 10.9 Å². The van der Waals surface area contributed by atoms with Crippen LogP contribution in [-0.4, -0.2) is 27.9 Å². The average molecular weight is 530 g/mol. The van der Waals surface area contributed by atoms with Crippen LogP contribution in [0.1, 0.15) is 45.9 Å². The van der Waals surface area contributed by atoms with Crippen LogP contribution < -0.4 is 10.0 Å². The maximum Gasteiger partial charge on any atom is 0.257 e. The quantitative estimate of drug-likeness (QED) is 0.192. The first-order chi connectivity index (χ1) is 18.6. The van der Waals surface area contributed by atoms with Crippen molar-refractivity contribution in [3.63, 3.8) is 0 Å². The second-order valence-electron chi connectivity index (χ2n) is 8.85. The molecule has 1 aliphatic rings. The summed E-state index contributed by atoms with van der Waals surface area (Å²) in [5, 5.41) is 25.0. The molecule has 9 heteroatoms. The summed E-state index contributed by atoms with van der Waals surface area (Å²) < 4.78 is 13.6. The number of amides is 1. The molecule has 0 bridgehead atoms. The van der Waals surface area contributed by atoms with Gasteiger partial charge >= 0.3 is 0 Å². The van der Waals surface area contributed by atoms with Gasteiger partial charge in [-0.05, 0) is 41.5 Å². The third-order valence-electron chi connectivity index (χ3n) is 6.16. The molecule has 194 valence electrons. The Morgan fingerprint density at radius 2 is 1.92 bits per heavy atom. The number of hydrogen-bond donors (Lipinski definition) is 2. The molecular formula is C29H27N3O5S. The van der Waals surface area contributed by atoms with Crippen LogP contribution in [0, 0.1) is 5.21 Å². The van der Waals surface area contributed by atoms with Crippen LogP contribution in [0.2, 0.25) is 0 Å². The third kappa shape index (κ3) is 6.38. The Morgan fingerprint density at radius 1 is 1.05 bits per heavy atom. The number of thioether (sulfide) groups is 1. The summed E-state index contributed by atoms with van der Waals surface area (Å²) in [7, 11) is 0. The predicted octanol–water partition coefficient (Wildman–Crippen LogP) is 4.80. The molecule has 5 rings (SSSR count). The molecule has 3 heterocycles. The number of nitrogens with one attached hydrogen (secondary N) is 1. The highest BCUT2D eigenvalue weighted by molar-refractivity contribution is 7.99. The van der Waals surface area contributed by atoms with Crippen LogP contribution in [0.15, 0.2) is 102 Å². The van der Waals surface area contributed by atoms with Gasteiger partial charge in [-0.15, -0.1) is 0 Å². The van der Waals surface area contributed by atoms with Crippen LogP contribution in [-0.2, 0) is 16.1 Å². The van der Waals surface area contributed by atoms with Gasteiger partial charge in [-0.1, -0.05) is 48.2 Å². The topological polar surface area (TPSA) is 108 Å². The van der Waals surface area contributed by atoms with Crippen molar-refractivity contribution >= 4 is 23.4 Å². The second kappa shape index (κ2) is 12.2. The van der Waals surface area contributed by atoms with Crippen LogP contribution in [0.4, 0.5) is 5.69 Å². The fraction of sp³-hybridized carbons (Fsp3) is 0.207. The first kappa shape index (κ1) is 25.9. The maximum atomic E-state index is 12.6. The first-order valence-electron chi connectivity index (χ1n) is 12.2. The number of hydrogen-bond acceptors (Lipinski definition) is 7. The van der Waals surface area contributed by atoms with Gasteiger partial charge in [0.2, 0.25) is 0 Å². The summed E-state index contributed by atoms with van der Waals surface area (Å²) in [5.74, 6) is 0.306. The molecule has 0 saturated carbocycles. The number of carbonyl (C=O) groups is 1. The molecule has 1 saturated heterocycles. The van der Waals surface area contributed by atoms with E-state index in [1.54, 1.807) is 36.5 Å². The lowest BCUT2D eigenvalue weighted by Gasteiger charge is -2.36. The molecule has 8 nitrogen and oxygen atoms in total. The van der Waals surface area contributed by atoms with E-state index in [-0.39, 0.29) is 24.7 Å². The lowest BCUT2D eigenvalue weighted by Crippen LogP contribution is -2.32. The van der Waals surface area contributed by atoms with Crippen molar-refractivity contribution in [2.75, 3.05) is 11.1 Å². The molecule has 2 aromatic heterocycles. The molecule has 3 atom stereocenters. The van der Waals surface area contributed by atoms with Gasteiger partial charge in [-0.2, -0.15) is 4.73 Å². The van der Waals surface area contributed by atoms with Gasteiger partial charge in [0.1, 0.15) is 0 Å². The van der Waals surface area contributed by atoms with Crippen molar-refractivity contribution in [1.29, 1.82) is 0 Å². The lowest BCUT2D eigenvalue weighted by molar-refractivity contribution is -0.645. The van der Waals surface area contributed by atoms with E-state index in [1.165, 1.54) is 24.2 Å². The molecule has 1 amide bonds. The van der Waals surface area contributed by atoms with E-state index in [1.807, 2.05) is 48.5 Å². The zero-order chi connectivity index (χ0) is 26.3. The van der Waals surface area contributed by atoms with Crippen molar-refractivity contribution in [3.05, 3.63) is 125 Å². The van der Waals surface area contributed by atoms with E-state index in [0.29, 0.717) is 28.5 Å². The number of aromatic nitrogens is 2. The van der Waals surface area contributed by atoms with E-state index in [2.05, 4.69) is 10.3 Å². The smallest absolute Gasteiger partial charge is 0.257 e. The van der Waals surface area contributed by atoms with Crippen molar-refractivity contribution in [2.24, 2.45) is 0 Å². The molecule has 4 aromatic rings. The van der Waals surface area contributed by atoms with E-state index in [4.69, 9.17) is 9.47 Å². The first-order valence-corrected chi connectivity index (χ1v) is 13.2. The Kier molecular flexibility index (Phi) is 8.30. The summed E-state index contributed by atoms with van der Waals surface area (Å²) in [6.07, 6.45) is 4.08. The van der Waals surface area contributed by atoms with E-state index >= 15 is 0 Å². The van der Waals surface area contributed by atoms with Crippen molar-refractivity contribution in [2.45, 2.75) is 36.6 Å². The molecule has 2 aromatic carbocycles. The van der Waals surface area contributed by atoms with Gasteiger partial charge in [0, 0.05) is 48.0 Å². The van der Waals surface area contributed by atoms with Gasteiger partial charge in [0.05, 0.1) is 24.4 Å². The highest BCUT2D eigenvalue weighted by atomic mass is 32.2. The highest BCUT2D eigenvalue weighted by Crippen LogP contribution is 2.39. The number of nitrogens with zero attached hydrogens (tertiary/aromatic N) is 2. The molecule has 3 unspecified atom stereocenters. The van der Waals surface area contributed by atoms with Gasteiger partial charge in [-0.25, -0.2) is 0 Å². The van der Waals surface area contributed by atoms with Crippen LogP contribution in [0.5, 0.6) is 0 Å². The third-order valence-corrected chi connectivity index (χ3v) is 7.31. The Balaban J connectivity index is 1.36. The maximum absolute atomic E-state index is 12.6. The summed E-state index contributed by atoms with van der Waals surface area (Å²) in [6.45, 7) is -0.0272. The number of benzene rings is 2. The molecule has 0 spiro atoms. The van der Waals surface area contributed by atoms with Crippen LogP contribution in [0.3, 0.4) is 0 Å². The number of pyridine rings is 2. The van der Waals surface area contributed by atoms with E-state index < -0.39 is 6.29 Å². The number of aliphatic hydroxyl groups is 1. The van der Waals surface area contributed by atoms with Crippen LogP contribution >= 0.6 is 11.8 Å². The van der Waals surface area contributed by atoms with Crippen molar-refractivity contribution < 1.29 is 24.1 Å². The fourth-order valence-corrected chi connectivity index (χ4v) is 5.12. The Labute approximate surface area is 224 Å². The zero-order valence-corrected chi connectivity index (χ0v) is 21.3. The van der Waals surface area contributed by atoms with Crippen molar-refractivity contribution in [3.8, 4) is 0 Å². The molecule has 0 aliphatic carbocycles. The van der Waals surface area contributed by atoms with Gasteiger partial charge in [0.15, 0.2) is 12.5 Å². The fourth-order valence-electron chi connectivity index (χ4n) is 4.19. The molecule has 0 radical (unpaired) electrons. The summed E-state index contributed by atoms with van der Waals surface area (Å²) in [5.41, 5.74) is 3.64. The summed E-state index contributed by atoms with van der Waals surface area (Å²) >= 11 is 1.44. The SMILES string of the molecule is O=C(Nc1cccc(C2OC(CSc3cccc[n+]3[O-])CC(c3ccc(CO)cc3)O2)c1)c1cccnc1. The number of anilines is 1. The highest BCUT2D eigenvalue weighted by Gasteiger charge is 2.33. The zero-order valence-electron chi connectivity index (χ0n) is 20.5. The number of aliphatic hydroxyl groups excluding tert-OH is 1. The van der Waals surface area contributed by atoms with E-state index in [9.17, 15) is 15.1 Å². The minimum absolute atomic E-state index is 0.0272. The largest absolute Gasteiger partial charge is 0.618 e. The number of ether oxygens (including phenoxy) is 2. The molecule has 2 N–H and O–H groups in total. The molecule has 1 fully saturated rings. The number of carbonyl (C=O) groups excluding carboxylic acids is 1. The minimum Gasteiger partial charge on any atom is -0.618 e. The Bertz CT molecular complexity index is 1370. The molecule has 1 aliphatic heterocycles. The second-order valence-corrected chi connectivity index (χ2v) is 9.89. The van der Waals surface area contributed by atoms with Gasteiger partial charge < -0.3 is 25.1 Å². The minimum atomic E-state index is -0.678. The predicted molar refractivity (Wildman–Crippen MR) is 143 cm³/mol. The normalized spacial score (nSPS) is 19.1. The monoisotopic (exact) mass is 529 g/mol. The molecular weight excluding hydrogens is 502 g/mol. The van der Waals surface area contributed by atoms with Gasteiger partial charge in [-0.3, -0.25) is 9.78 Å². The molecule has 38 heavy (non-hydrogen) atoms. The summed E-state index contributed by atoms with van der Waals surface area (Å²) in [6, 6.07) is 23.8. The lowest BCUT2D eigenvalue weighted by atomic mass is 10.0. The standard InChI is InChI=1S/C29H27N3O5S/c33-18-20-9-11-21(12-10-20)26-16-25(19-38-27-8-1-2-14-32(27)35)36-29(37-26)22-5-3-7-24(15-22)31-28(34)23-6-4-13-30-17-23/h1-15,17,25-26,29,33H,16,18-19H2,(H,31,34). The van der Waals surface area contributed by atoms with E-state index in [0.717, 1.165) is 21.4 Å². The Hall–Kier alpha value is -3.76. The summed E-state index contributed by atoms with van der Waals surface area (Å²) in [4.78, 5) is 16.6. The Morgan fingerprint density at radius 3 is 2.68 bits per heavy atom.